The summed E-state index contributed by atoms with van der Waals surface area (Å²) in [5, 5.41) is 6.45. The third-order valence-electron chi connectivity index (χ3n) is 2.38. The van der Waals surface area contributed by atoms with Crippen LogP contribution in [0.5, 0.6) is 0 Å². The Morgan fingerprint density at radius 2 is 2.22 bits per heavy atom. The number of nitrogens with two attached hydrogens (primary N) is 1. The molecule has 0 aliphatic rings. The Kier molecular flexibility index (Phi) is 3.69. The molecule has 0 radical (unpaired) electrons. The highest BCUT2D eigenvalue weighted by Gasteiger charge is 2.07. The van der Waals surface area contributed by atoms with Gasteiger partial charge >= 0.3 is 0 Å². The van der Waals surface area contributed by atoms with Gasteiger partial charge in [-0.25, -0.2) is 4.39 Å². The molecule has 0 fully saturated rings. The maximum atomic E-state index is 13.3. The van der Waals surface area contributed by atoms with Gasteiger partial charge < -0.3 is 11.1 Å². The first-order chi connectivity index (χ1) is 8.69. The molecule has 1 amide bonds. The molecule has 2 rings (SSSR count). The number of nitrogens with zero attached hydrogens (tertiary/aromatic N) is 2. The summed E-state index contributed by atoms with van der Waals surface area (Å²) in [7, 11) is 0. The maximum absolute atomic E-state index is 13.3. The van der Waals surface area contributed by atoms with E-state index in [0.717, 1.165) is 5.56 Å². The molecule has 1 heterocycles. The second-order valence-corrected chi connectivity index (χ2v) is 3.78. The Labute approximate surface area is 103 Å². The quantitative estimate of drug-likeness (QED) is 0.851. The Hall–Kier alpha value is -2.21. The van der Waals surface area contributed by atoms with Crippen LogP contribution >= 0.6 is 0 Å². The molecule has 18 heavy (non-hydrogen) atoms. The summed E-state index contributed by atoms with van der Waals surface area (Å²) >= 11 is 0. The van der Waals surface area contributed by atoms with Gasteiger partial charge in [-0.15, -0.1) is 0 Å². The highest BCUT2D eigenvalue weighted by molar-refractivity contribution is 5.90. The molecule has 0 aliphatic carbocycles. The Morgan fingerprint density at radius 1 is 1.44 bits per heavy atom. The van der Waals surface area contributed by atoms with Gasteiger partial charge in [0, 0.05) is 18.3 Å². The van der Waals surface area contributed by atoms with E-state index in [-0.39, 0.29) is 18.1 Å². The summed E-state index contributed by atoms with van der Waals surface area (Å²) in [5.41, 5.74) is 6.44. The topological polar surface area (TPSA) is 72.9 Å². The van der Waals surface area contributed by atoms with Crippen molar-refractivity contribution in [3.63, 3.8) is 0 Å². The number of para-hydroxylation sites is 1. The molecule has 5 nitrogen and oxygen atoms in total. The van der Waals surface area contributed by atoms with E-state index in [9.17, 15) is 9.18 Å². The second-order valence-electron chi connectivity index (χ2n) is 3.78. The molecule has 1 aromatic carbocycles. The van der Waals surface area contributed by atoms with Gasteiger partial charge in [-0.1, -0.05) is 12.1 Å². The van der Waals surface area contributed by atoms with Crippen molar-refractivity contribution in [2.75, 3.05) is 5.32 Å². The van der Waals surface area contributed by atoms with Crippen molar-refractivity contribution in [2.45, 2.75) is 13.1 Å². The third kappa shape index (κ3) is 2.92. The van der Waals surface area contributed by atoms with Gasteiger partial charge in [0.25, 0.3) is 0 Å². The van der Waals surface area contributed by atoms with Crippen molar-refractivity contribution in [3.05, 3.63) is 48.0 Å². The van der Waals surface area contributed by atoms with Gasteiger partial charge in [-0.3, -0.25) is 9.48 Å². The van der Waals surface area contributed by atoms with E-state index in [1.54, 1.807) is 24.5 Å². The molecule has 0 atom stereocenters. The van der Waals surface area contributed by atoms with Gasteiger partial charge in [0.2, 0.25) is 5.91 Å². The number of benzene rings is 1. The van der Waals surface area contributed by atoms with Gasteiger partial charge in [0.1, 0.15) is 12.4 Å². The summed E-state index contributed by atoms with van der Waals surface area (Å²) < 4.78 is 14.8. The largest absolute Gasteiger partial charge is 0.326 e. The lowest BCUT2D eigenvalue weighted by atomic mass is 10.3. The van der Waals surface area contributed by atoms with Crippen LogP contribution in [0.1, 0.15) is 5.56 Å². The molecule has 1 aromatic heterocycles. The number of amides is 1. The van der Waals surface area contributed by atoms with E-state index in [2.05, 4.69) is 10.4 Å². The van der Waals surface area contributed by atoms with Gasteiger partial charge in [-0.2, -0.15) is 5.10 Å². The summed E-state index contributed by atoms with van der Waals surface area (Å²) in [5.74, 6) is -0.805. The third-order valence-corrected chi connectivity index (χ3v) is 2.38. The molecule has 0 aliphatic heterocycles. The van der Waals surface area contributed by atoms with Gasteiger partial charge in [0.05, 0.1) is 11.9 Å². The summed E-state index contributed by atoms with van der Waals surface area (Å²) in [6.07, 6.45) is 3.28. The van der Waals surface area contributed by atoms with E-state index in [1.165, 1.54) is 16.8 Å². The maximum Gasteiger partial charge on any atom is 0.246 e. The lowest BCUT2D eigenvalue weighted by Gasteiger charge is -2.05. The Balaban J connectivity index is 1.99. The average Bonchev–Trinajstić information content (AvgIpc) is 2.80. The zero-order valence-corrected chi connectivity index (χ0v) is 9.64. The normalized spacial score (nSPS) is 10.3. The summed E-state index contributed by atoms with van der Waals surface area (Å²) in [4.78, 5) is 11.7. The number of anilines is 1. The van der Waals surface area contributed by atoms with Crippen molar-refractivity contribution < 1.29 is 9.18 Å². The molecule has 94 valence electrons. The zero-order chi connectivity index (χ0) is 13.0. The fourth-order valence-corrected chi connectivity index (χ4v) is 1.50. The number of nitrogens with one attached hydrogen (secondary N) is 1. The average molecular weight is 248 g/mol. The summed E-state index contributed by atoms with van der Waals surface area (Å²) in [6.45, 7) is 0.392. The van der Waals surface area contributed by atoms with Crippen molar-refractivity contribution in [2.24, 2.45) is 5.73 Å². The molecule has 0 bridgehead atoms. The number of carbonyl (C=O) groups is 1. The number of rotatable bonds is 4. The molecule has 2 aromatic rings. The molecule has 0 saturated carbocycles. The van der Waals surface area contributed by atoms with Crippen molar-refractivity contribution in [1.29, 1.82) is 0 Å². The number of halogens is 1. The van der Waals surface area contributed by atoms with E-state index in [0.29, 0.717) is 6.54 Å². The predicted molar refractivity (Wildman–Crippen MR) is 65.1 cm³/mol. The second kappa shape index (κ2) is 5.42. The first-order valence-corrected chi connectivity index (χ1v) is 5.45. The number of aromatic nitrogens is 2. The van der Waals surface area contributed by atoms with Crippen molar-refractivity contribution >= 4 is 11.6 Å². The first-order valence-electron chi connectivity index (χ1n) is 5.45. The van der Waals surface area contributed by atoms with E-state index in [4.69, 9.17) is 5.73 Å². The minimum Gasteiger partial charge on any atom is -0.326 e. The van der Waals surface area contributed by atoms with Gasteiger partial charge in [-0.05, 0) is 12.1 Å². The fraction of sp³-hybridized carbons (Fsp3) is 0.167. The number of hydrogen-bond acceptors (Lipinski definition) is 3. The summed E-state index contributed by atoms with van der Waals surface area (Å²) in [6, 6.07) is 6.00. The smallest absolute Gasteiger partial charge is 0.246 e. The molecular weight excluding hydrogens is 235 g/mol. The molecule has 3 N–H and O–H groups in total. The van der Waals surface area contributed by atoms with Crippen LogP contribution in [-0.2, 0) is 17.9 Å². The van der Waals surface area contributed by atoms with Gasteiger partial charge in [0.15, 0.2) is 0 Å². The molecular formula is C12H13FN4O. The Morgan fingerprint density at radius 3 is 2.89 bits per heavy atom. The lowest BCUT2D eigenvalue weighted by Crippen LogP contribution is -2.19. The molecule has 0 unspecified atom stereocenters. The van der Waals surface area contributed by atoms with Crippen LogP contribution in [0.4, 0.5) is 10.1 Å². The predicted octanol–water partition coefficient (Wildman–Crippen LogP) is 1.12. The van der Waals surface area contributed by atoms with Crippen LogP contribution in [0.15, 0.2) is 36.7 Å². The van der Waals surface area contributed by atoms with Crippen LogP contribution in [-0.4, -0.2) is 15.7 Å². The minimum absolute atomic E-state index is 0.0222. The number of carbonyl (C=O) groups excluding carboxylic acids is 1. The van der Waals surface area contributed by atoms with E-state index in [1.807, 2.05) is 0 Å². The molecule has 6 heteroatoms. The van der Waals surface area contributed by atoms with Crippen molar-refractivity contribution in [3.8, 4) is 0 Å². The number of hydrogen-bond donors (Lipinski definition) is 2. The minimum atomic E-state index is -0.464. The standard InChI is InChI=1S/C12H13FN4O/c13-10-3-1-2-4-11(10)16-12(18)8-17-7-9(5-14)6-15-17/h1-4,6-7H,5,8,14H2,(H,16,18). The highest BCUT2D eigenvalue weighted by atomic mass is 19.1. The monoisotopic (exact) mass is 248 g/mol. The van der Waals surface area contributed by atoms with Crippen LogP contribution in [0, 0.1) is 5.82 Å². The van der Waals surface area contributed by atoms with E-state index >= 15 is 0 Å². The zero-order valence-electron chi connectivity index (χ0n) is 9.64. The van der Waals surface area contributed by atoms with E-state index < -0.39 is 5.82 Å². The van der Waals surface area contributed by atoms with Crippen LogP contribution in [0.2, 0.25) is 0 Å². The highest BCUT2D eigenvalue weighted by Crippen LogP contribution is 2.12. The van der Waals surface area contributed by atoms with Crippen LogP contribution < -0.4 is 11.1 Å². The lowest BCUT2D eigenvalue weighted by molar-refractivity contribution is -0.116. The van der Waals surface area contributed by atoms with Crippen LogP contribution in [0.25, 0.3) is 0 Å². The SMILES string of the molecule is NCc1cnn(CC(=O)Nc2ccccc2F)c1. The molecule has 0 spiro atoms. The molecule has 0 saturated heterocycles. The Bertz CT molecular complexity index is 553. The van der Waals surface area contributed by atoms with Crippen LogP contribution in [0.3, 0.4) is 0 Å². The van der Waals surface area contributed by atoms with Crippen molar-refractivity contribution in [1.82, 2.24) is 9.78 Å². The first kappa shape index (κ1) is 12.3. The fourth-order valence-electron chi connectivity index (χ4n) is 1.50.